The van der Waals surface area contributed by atoms with E-state index in [0.717, 1.165) is 0 Å². The molecule has 1 saturated heterocycles. The molecule has 1 aromatic carbocycles. The summed E-state index contributed by atoms with van der Waals surface area (Å²) in [4.78, 5) is 27.9. The van der Waals surface area contributed by atoms with Crippen LogP contribution in [-0.4, -0.2) is 42.3 Å². The van der Waals surface area contributed by atoms with E-state index in [9.17, 15) is 9.59 Å². The van der Waals surface area contributed by atoms with Gasteiger partial charge in [0.25, 0.3) is 0 Å². The summed E-state index contributed by atoms with van der Waals surface area (Å²) >= 11 is 0. The number of rotatable bonds is 2. The highest BCUT2D eigenvalue weighted by Crippen LogP contribution is 2.32. The number of likely N-dealkylation sites (N-methyl/N-ethyl adjacent to an activating group) is 1. The van der Waals surface area contributed by atoms with Gasteiger partial charge in [0.05, 0.1) is 11.6 Å². The van der Waals surface area contributed by atoms with Crippen LogP contribution in [-0.2, 0) is 4.79 Å². The van der Waals surface area contributed by atoms with Crippen LogP contribution in [0.15, 0.2) is 18.2 Å². The van der Waals surface area contributed by atoms with Crippen LogP contribution in [0.1, 0.15) is 36.7 Å². The van der Waals surface area contributed by atoms with Crippen LogP contribution in [0.2, 0.25) is 0 Å². The number of nitriles is 1. The van der Waals surface area contributed by atoms with Crippen molar-refractivity contribution < 1.29 is 9.59 Å². The lowest BCUT2D eigenvalue weighted by Crippen LogP contribution is -2.62. The first-order chi connectivity index (χ1) is 9.78. The van der Waals surface area contributed by atoms with Crippen LogP contribution >= 0.6 is 0 Å². The monoisotopic (exact) mass is 285 g/mol. The van der Waals surface area contributed by atoms with Crippen molar-refractivity contribution in [3.8, 4) is 6.07 Å². The number of benzene rings is 1. The van der Waals surface area contributed by atoms with Crippen LogP contribution in [0.5, 0.6) is 0 Å². The lowest BCUT2D eigenvalue weighted by molar-refractivity contribution is -0.136. The molecule has 1 aliphatic heterocycles. The van der Waals surface area contributed by atoms with E-state index in [4.69, 9.17) is 5.26 Å². The highest BCUT2D eigenvalue weighted by atomic mass is 16.2. The number of anilines is 1. The van der Waals surface area contributed by atoms with Gasteiger partial charge >= 0.3 is 0 Å². The number of hydrogen-bond acceptors (Lipinski definition) is 4. The zero-order chi connectivity index (χ0) is 15.8. The second kappa shape index (κ2) is 5.21. The maximum absolute atomic E-state index is 12.4. The molecule has 21 heavy (non-hydrogen) atoms. The Morgan fingerprint density at radius 1 is 1.33 bits per heavy atom. The average Bonchev–Trinajstić information content (AvgIpc) is 2.44. The van der Waals surface area contributed by atoms with Crippen LogP contribution in [0.3, 0.4) is 0 Å². The molecule has 0 aromatic heterocycles. The number of carbonyl (C=O) groups excluding carboxylic acids is 2. The number of Topliss-reactive ketones (excluding diaryl/α,β-unsaturated/α-hetero) is 1. The summed E-state index contributed by atoms with van der Waals surface area (Å²) in [5.74, 6) is -0.0673. The maximum atomic E-state index is 12.4. The third-order valence-electron chi connectivity index (χ3n) is 4.00. The Morgan fingerprint density at radius 3 is 2.57 bits per heavy atom. The molecule has 0 bridgehead atoms. The number of carbonyl (C=O) groups is 2. The topological polar surface area (TPSA) is 64.4 Å². The number of amides is 1. The Labute approximate surface area is 124 Å². The number of piperazine rings is 1. The minimum Gasteiger partial charge on any atom is -0.355 e. The molecule has 5 nitrogen and oxygen atoms in total. The molecule has 1 aliphatic rings. The predicted octanol–water partition coefficient (Wildman–Crippen LogP) is 1.82. The van der Waals surface area contributed by atoms with E-state index in [1.807, 2.05) is 18.7 Å². The van der Waals surface area contributed by atoms with Gasteiger partial charge in [-0.05, 0) is 39.0 Å². The second-order valence-electron chi connectivity index (χ2n) is 5.84. The molecule has 1 fully saturated rings. The van der Waals surface area contributed by atoms with Crippen molar-refractivity contribution in [1.29, 1.82) is 5.26 Å². The van der Waals surface area contributed by atoms with E-state index in [0.29, 0.717) is 29.9 Å². The summed E-state index contributed by atoms with van der Waals surface area (Å²) in [6.07, 6.45) is 0. The van der Waals surface area contributed by atoms with Crippen molar-refractivity contribution in [3.63, 3.8) is 0 Å². The Morgan fingerprint density at radius 2 is 2.00 bits per heavy atom. The highest BCUT2D eigenvalue weighted by molar-refractivity contribution is 6.01. The summed E-state index contributed by atoms with van der Waals surface area (Å²) in [6.45, 7) is 6.40. The molecule has 5 heteroatoms. The first kappa shape index (κ1) is 15.0. The summed E-state index contributed by atoms with van der Waals surface area (Å²) in [7, 11) is 1.78. The summed E-state index contributed by atoms with van der Waals surface area (Å²) in [5, 5.41) is 9.09. The molecule has 0 saturated carbocycles. The van der Waals surface area contributed by atoms with Gasteiger partial charge in [0.15, 0.2) is 5.78 Å². The fourth-order valence-electron chi connectivity index (χ4n) is 2.76. The quantitative estimate of drug-likeness (QED) is 0.777. The Kier molecular flexibility index (Phi) is 3.73. The highest BCUT2D eigenvalue weighted by Gasteiger charge is 2.41. The average molecular weight is 285 g/mol. The summed E-state index contributed by atoms with van der Waals surface area (Å²) < 4.78 is 0. The first-order valence-electron chi connectivity index (χ1n) is 6.87. The SMILES string of the molecule is CC(=O)c1ccc(C#N)cc1N1CCN(C)C(=O)C1(C)C. The smallest absolute Gasteiger partial charge is 0.247 e. The van der Waals surface area contributed by atoms with Gasteiger partial charge in [0, 0.05) is 31.4 Å². The van der Waals surface area contributed by atoms with Gasteiger partial charge in [0.2, 0.25) is 5.91 Å². The zero-order valence-corrected chi connectivity index (χ0v) is 12.8. The molecule has 0 spiro atoms. The largest absolute Gasteiger partial charge is 0.355 e. The fraction of sp³-hybridized carbons (Fsp3) is 0.438. The molecule has 0 unspecified atom stereocenters. The van der Waals surface area contributed by atoms with E-state index in [1.165, 1.54) is 6.92 Å². The molecule has 0 aliphatic carbocycles. The van der Waals surface area contributed by atoms with Gasteiger partial charge in [-0.15, -0.1) is 0 Å². The third kappa shape index (κ3) is 2.49. The summed E-state index contributed by atoms with van der Waals surface area (Å²) in [5.41, 5.74) is 0.940. The van der Waals surface area contributed by atoms with E-state index in [-0.39, 0.29) is 11.7 Å². The van der Waals surface area contributed by atoms with E-state index < -0.39 is 5.54 Å². The minimum absolute atomic E-state index is 0.00520. The molecule has 0 radical (unpaired) electrons. The lowest BCUT2D eigenvalue weighted by atomic mass is 9.94. The van der Waals surface area contributed by atoms with Gasteiger partial charge in [-0.2, -0.15) is 5.26 Å². The Balaban J connectivity index is 2.57. The molecule has 110 valence electrons. The molecule has 1 aromatic rings. The molecule has 2 rings (SSSR count). The maximum Gasteiger partial charge on any atom is 0.247 e. The Bertz CT molecular complexity index is 643. The first-order valence-corrected chi connectivity index (χ1v) is 6.87. The molecular weight excluding hydrogens is 266 g/mol. The van der Waals surface area contributed by atoms with Crippen molar-refractivity contribution in [2.45, 2.75) is 26.3 Å². The Hall–Kier alpha value is -2.35. The number of ketones is 1. The lowest BCUT2D eigenvalue weighted by Gasteiger charge is -2.46. The van der Waals surface area contributed by atoms with E-state index >= 15 is 0 Å². The van der Waals surface area contributed by atoms with Crippen molar-refractivity contribution in [3.05, 3.63) is 29.3 Å². The van der Waals surface area contributed by atoms with Crippen molar-refractivity contribution in [2.24, 2.45) is 0 Å². The van der Waals surface area contributed by atoms with Gasteiger partial charge in [-0.25, -0.2) is 0 Å². The summed E-state index contributed by atoms with van der Waals surface area (Å²) in [6, 6.07) is 7.07. The molecular formula is C16H19N3O2. The van der Waals surface area contributed by atoms with Gasteiger partial charge in [-0.1, -0.05) is 0 Å². The standard InChI is InChI=1S/C16H19N3O2/c1-11(20)13-6-5-12(10-17)9-14(13)19-8-7-18(4)15(21)16(19,2)3/h5-6,9H,7-8H2,1-4H3. The van der Waals surface area contributed by atoms with Gasteiger partial charge < -0.3 is 9.80 Å². The normalized spacial score (nSPS) is 17.6. The second-order valence-corrected chi connectivity index (χ2v) is 5.84. The molecule has 0 atom stereocenters. The van der Waals surface area contributed by atoms with E-state index in [2.05, 4.69) is 6.07 Å². The number of nitrogens with zero attached hydrogens (tertiary/aromatic N) is 3. The van der Waals surface area contributed by atoms with Crippen LogP contribution < -0.4 is 4.90 Å². The van der Waals surface area contributed by atoms with Crippen LogP contribution in [0, 0.1) is 11.3 Å². The van der Waals surface area contributed by atoms with Gasteiger partial charge in [-0.3, -0.25) is 9.59 Å². The predicted molar refractivity (Wildman–Crippen MR) is 80.2 cm³/mol. The minimum atomic E-state index is -0.745. The van der Waals surface area contributed by atoms with Crippen molar-refractivity contribution >= 4 is 17.4 Å². The van der Waals surface area contributed by atoms with Crippen molar-refractivity contribution in [2.75, 3.05) is 25.0 Å². The van der Waals surface area contributed by atoms with Gasteiger partial charge in [0.1, 0.15) is 5.54 Å². The molecule has 0 N–H and O–H groups in total. The van der Waals surface area contributed by atoms with E-state index in [1.54, 1.807) is 30.1 Å². The molecule has 1 amide bonds. The number of hydrogen-bond donors (Lipinski definition) is 0. The fourth-order valence-corrected chi connectivity index (χ4v) is 2.76. The molecule has 1 heterocycles. The zero-order valence-electron chi connectivity index (χ0n) is 12.8. The van der Waals surface area contributed by atoms with Crippen LogP contribution in [0.4, 0.5) is 5.69 Å². The third-order valence-corrected chi connectivity index (χ3v) is 4.00. The van der Waals surface area contributed by atoms with Crippen molar-refractivity contribution in [1.82, 2.24) is 4.90 Å². The van der Waals surface area contributed by atoms with Crippen LogP contribution in [0.25, 0.3) is 0 Å².